The van der Waals surface area contributed by atoms with Crippen LogP contribution in [0.2, 0.25) is 0 Å². The summed E-state index contributed by atoms with van der Waals surface area (Å²) in [5.41, 5.74) is 6.43. The number of rotatable bonds is 5. The number of piperazine rings is 1. The van der Waals surface area contributed by atoms with Gasteiger partial charge in [-0.25, -0.2) is 9.97 Å². The number of aromatic amines is 1. The second kappa shape index (κ2) is 8.35. The quantitative estimate of drug-likeness (QED) is 0.463. The third-order valence-electron chi connectivity index (χ3n) is 5.79. The van der Waals surface area contributed by atoms with Gasteiger partial charge in [-0.05, 0) is 31.5 Å². The van der Waals surface area contributed by atoms with Gasteiger partial charge in [0.05, 0.1) is 17.4 Å². The minimum atomic E-state index is 0.716. The molecule has 1 fully saturated rings. The average molecular weight is 414 g/mol. The molecule has 31 heavy (non-hydrogen) atoms. The van der Waals surface area contributed by atoms with Gasteiger partial charge in [-0.1, -0.05) is 35.9 Å². The molecule has 2 aromatic heterocycles. The molecule has 0 unspecified atom stereocenters. The maximum absolute atomic E-state index is 5.06. The van der Waals surface area contributed by atoms with E-state index in [0.29, 0.717) is 6.54 Å². The van der Waals surface area contributed by atoms with Crippen LogP contribution in [0.1, 0.15) is 16.8 Å². The van der Waals surface area contributed by atoms with Crippen LogP contribution in [0.3, 0.4) is 0 Å². The molecule has 7 heteroatoms. The van der Waals surface area contributed by atoms with Gasteiger partial charge in [-0.2, -0.15) is 5.10 Å². The first-order valence-corrected chi connectivity index (χ1v) is 10.7. The summed E-state index contributed by atoms with van der Waals surface area (Å²) >= 11 is 0. The number of anilines is 2. The average Bonchev–Trinajstić information content (AvgIpc) is 3.19. The maximum Gasteiger partial charge on any atom is 0.172 e. The van der Waals surface area contributed by atoms with Crippen molar-refractivity contribution in [3.63, 3.8) is 0 Å². The first-order chi connectivity index (χ1) is 15.2. The summed E-state index contributed by atoms with van der Waals surface area (Å²) in [5, 5.41) is 15.4. The molecule has 3 N–H and O–H groups in total. The van der Waals surface area contributed by atoms with Crippen molar-refractivity contribution in [2.24, 2.45) is 0 Å². The van der Waals surface area contributed by atoms with Gasteiger partial charge in [0.2, 0.25) is 0 Å². The number of fused-ring (bicyclic) bond motifs is 1. The Balaban J connectivity index is 1.48. The van der Waals surface area contributed by atoms with E-state index in [1.54, 1.807) is 0 Å². The molecular weight excluding hydrogens is 386 g/mol. The fourth-order valence-electron chi connectivity index (χ4n) is 3.93. The largest absolute Gasteiger partial charge is 0.363 e. The van der Waals surface area contributed by atoms with E-state index in [0.717, 1.165) is 65.7 Å². The Hall–Kier alpha value is -3.45. The van der Waals surface area contributed by atoms with Gasteiger partial charge < -0.3 is 15.5 Å². The molecule has 3 heterocycles. The van der Waals surface area contributed by atoms with Crippen LogP contribution in [0.15, 0.2) is 48.7 Å². The lowest BCUT2D eigenvalue weighted by molar-refractivity contribution is 0.585. The molecule has 5 rings (SSSR count). The van der Waals surface area contributed by atoms with Gasteiger partial charge in [0, 0.05) is 49.4 Å². The highest BCUT2D eigenvalue weighted by Crippen LogP contribution is 2.29. The van der Waals surface area contributed by atoms with E-state index in [1.807, 2.05) is 19.2 Å². The van der Waals surface area contributed by atoms with Gasteiger partial charge in [0.15, 0.2) is 11.6 Å². The predicted molar refractivity (Wildman–Crippen MR) is 125 cm³/mol. The normalized spacial score (nSPS) is 14.2. The van der Waals surface area contributed by atoms with Gasteiger partial charge in [-0.15, -0.1) is 0 Å². The fourth-order valence-corrected chi connectivity index (χ4v) is 3.93. The number of hydrogen-bond donors (Lipinski definition) is 3. The first-order valence-electron chi connectivity index (χ1n) is 10.7. The van der Waals surface area contributed by atoms with Crippen LogP contribution in [0, 0.1) is 13.8 Å². The monoisotopic (exact) mass is 413 g/mol. The summed E-state index contributed by atoms with van der Waals surface area (Å²) in [6.45, 7) is 8.58. The van der Waals surface area contributed by atoms with Gasteiger partial charge in [-0.3, -0.25) is 5.10 Å². The molecule has 4 aromatic rings. The molecule has 158 valence electrons. The molecule has 0 atom stereocenters. The number of hydrogen-bond acceptors (Lipinski definition) is 6. The van der Waals surface area contributed by atoms with Crippen molar-refractivity contribution in [2.75, 3.05) is 36.4 Å². The molecule has 0 spiro atoms. The zero-order chi connectivity index (χ0) is 21.2. The van der Waals surface area contributed by atoms with Crippen LogP contribution in [-0.2, 0) is 6.54 Å². The number of benzene rings is 2. The van der Waals surface area contributed by atoms with E-state index in [2.05, 4.69) is 69.1 Å². The fraction of sp³-hybridized carbons (Fsp3) is 0.292. The standard InChI is InChI=1S/C24H27N7/c1-16-3-5-18(6-4-16)14-26-23-24(31-11-9-25-10-12-31)28-22(15-27-23)19-7-8-21-20(13-19)17(2)29-30-21/h3-8,13,15,25H,9-12,14H2,1-2H3,(H,26,27)(H,29,30). The number of aromatic nitrogens is 4. The van der Waals surface area contributed by atoms with Crippen molar-refractivity contribution in [2.45, 2.75) is 20.4 Å². The highest BCUT2D eigenvalue weighted by atomic mass is 15.3. The minimum Gasteiger partial charge on any atom is -0.363 e. The SMILES string of the molecule is Cc1ccc(CNc2ncc(-c3ccc4n[nH]c(C)c4c3)nc2N2CCNCC2)cc1. The smallest absolute Gasteiger partial charge is 0.172 e. The van der Waals surface area contributed by atoms with E-state index < -0.39 is 0 Å². The summed E-state index contributed by atoms with van der Waals surface area (Å²) < 4.78 is 0. The number of nitrogens with one attached hydrogen (secondary N) is 3. The summed E-state index contributed by atoms with van der Waals surface area (Å²) in [6, 6.07) is 14.8. The van der Waals surface area contributed by atoms with Crippen LogP contribution in [0.25, 0.3) is 22.2 Å². The van der Waals surface area contributed by atoms with Crippen LogP contribution in [0.5, 0.6) is 0 Å². The third-order valence-corrected chi connectivity index (χ3v) is 5.79. The number of aryl methyl sites for hydroxylation is 2. The topological polar surface area (TPSA) is 81.8 Å². The zero-order valence-electron chi connectivity index (χ0n) is 17.9. The highest BCUT2D eigenvalue weighted by molar-refractivity contribution is 5.86. The summed E-state index contributed by atoms with van der Waals surface area (Å²) in [4.78, 5) is 12.2. The van der Waals surface area contributed by atoms with Crippen molar-refractivity contribution < 1.29 is 0 Å². The number of H-pyrrole nitrogens is 1. The van der Waals surface area contributed by atoms with E-state index in [1.165, 1.54) is 11.1 Å². The summed E-state index contributed by atoms with van der Waals surface area (Å²) in [6.07, 6.45) is 1.86. The second-order valence-corrected chi connectivity index (χ2v) is 8.08. The zero-order valence-corrected chi connectivity index (χ0v) is 17.9. The van der Waals surface area contributed by atoms with Crippen LogP contribution in [0.4, 0.5) is 11.6 Å². The lowest BCUT2D eigenvalue weighted by Crippen LogP contribution is -2.44. The molecule has 0 bridgehead atoms. The Morgan fingerprint density at radius 2 is 1.84 bits per heavy atom. The Morgan fingerprint density at radius 1 is 1.03 bits per heavy atom. The molecule has 0 radical (unpaired) electrons. The van der Waals surface area contributed by atoms with Crippen LogP contribution < -0.4 is 15.5 Å². The molecular formula is C24H27N7. The third kappa shape index (κ3) is 4.09. The summed E-state index contributed by atoms with van der Waals surface area (Å²) in [7, 11) is 0. The molecule has 1 aliphatic heterocycles. The lowest BCUT2D eigenvalue weighted by Gasteiger charge is -2.30. The minimum absolute atomic E-state index is 0.716. The van der Waals surface area contributed by atoms with E-state index >= 15 is 0 Å². The Morgan fingerprint density at radius 3 is 2.65 bits per heavy atom. The van der Waals surface area contributed by atoms with Gasteiger partial charge in [0.25, 0.3) is 0 Å². The molecule has 1 saturated heterocycles. The van der Waals surface area contributed by atoms with E-state index in [4.69, 9.17) is 9.97 Å². The molecule has 0 saturated carbocycles. The Bertz CT molecular complexity index is 1190. The van der Waals surface area contributed by atoms with Crippen molar-refractivity contribution in [3.05, 3.63) is 65.5 Å². The predicted octanol–water partition coefficient (Wildman–Crippen LogP) is 3.66. The number of nitrogens with zero attached hydrogens (tertiary/aromatic N) is 4. The van der Waals surface area contributed by atoms with Gasteiger partial charge in [0.1, 0.15) is 0 Å². The highest BCUT2D eigenvalue weighted by Gasteiger charge is 2.18. The summed E-state index contributed by atoms with van der Waals surface area (Å²) in [5.74, 6) is 1.74. The molecule has 2 aromatic carbocycles. The molecule has 0 aliphatic carbocycles. The van der Waals surface area contributed by atoms with Gasteiger partial charge >= 0.3 is 0 Å². The second-order valence-electron chi connectivity index (χ2n) is 8.08. The van der Waals surface area contributed by atoms with Crippen LogP contribution in [-0.4, -0.2) is 46.3 Å². The van der Waals surface area contributed by atoms with Crippen molar-refractivity contribution in [3.8, 4) is 11.3 Å². The van der Waals surface area contributed by atoms with Crippen molar-refractivity contribution >= 4 is 22.5 Å². The first kappa shape index (κ1) is 19.5. The maximum atomic E-state index is 5.06. The van der Waals surface area contributed by atoms with Crippen molar-refractivity contribution in [1.29, 1.82) is 0 Å². The van der Waals surface area contributed by atoms with Crippen LogP contribution >= 0.6 is 0 Å². The van der Waals surface area contributed by atoms with Crippen molar-refractivity contribution in [1.82, 2.24) is 25.5 Å². The lowest BCUT2D eigenvalue weighted by atomic mass is 10.1. The van der Waals surface area contributed by atoms with E-state index in [9.17, 15) is 0 Å². The molecule has 1 aliphatic rings. The Kier molecular flexibility index (Phi) is 5.26. The molecule has 7 nitrogen and oxygen atoms in total. The molecule has 0 amide bonds. The Labute approximate surface area is 181 Å². The van der Waals surface area contributed by atoms with E-state index in [-0.39, 0.29) is 0 Å².